The number of anilines is 1. The number of hydrogen-bond acceptors (Lipinski definition) is 2. The second kappa shape index (κ2) is 6.01. The third-order valence-corrected chi connectivity index (χ3v) is 3.27. The number of carbonyl (C=O) groups is 2. The van der Waals surface area contributed by atoms with Crippen molar-refractivity contribution in [1.82, 2.24) is 0 Å². The largest absolute Gasteiger partial charge is 0.478 e. The third-order valence-electron chi connectivity index (χ3n) is 2.66. The Morgan fingerprint density at radius 1 is 1.05 bits per heavy atom. The van der Waals surface area contributed by atoms with Crippen LogP contribution in [0.25, 0.3) is 0 Å². The Morgan fingerprint density at radius 2 is 1.67 bits per heavy atom. The van der Waals surface area contributed by atoms with Crippen LogP contribution >= 0.6 is 15.9 Å². The maximum absolute atomic E-state index is 13.6. The minimum absolute atomic E-state index is 0.0225. The Hall–Kier alpha value is -2.28. The molecule has 2 N–H and O–H groups in total. The Morgan fingerprint density at radius 3 is 2.29 bits per heavy atom. The number of carboxylic acid groups (broad SMARTS) is 1. The van der Waals surface area contributed by atoms with Gasteiger partial charge in [0.25, 0.3) is 5.91 Å². The van der Waals surface area contributed by atoms with Crippen molar-refractivity contribution >= 4 is 33.5 Å². The molecule has 108 valence electrons. The predicted molar refractivity (Wildman–Crippen MR) is 75.4 cm³/mol. The quantitative estimate of drug-likeness (QED) is 0.825. The second-order valence-corrected chi connectivity index (χ2v) is 4.91. The number of carboxylic acids is 1. The van der Waals surface area contributed by atoms with Crippen molar-refractivity contribution in [1.29, 1.82) is 0 Å². The van der Waals surface area contributed by atoms with Gasteiger partial charge < -0.3 is 10.4 Å². The van der Waals surface area contributed by atoms with Gasteiger partial charge >= 0.3 is 5.97 Å². The molecule has 1 amide bonds. The summed E-state index contributed by atoms with van der Waals surface area (Å²) in [5.74, 6) is -3.85. The average Bonchev–Trinajstić information content (AvgIpc) is 2.44. The molecular weight excluding hydrogens is 348 g/mol. The first-order valence-corrected chi connectivity index (χ1v) is 6.47. The van der Waals surface area contributed by atoms with Gasteiger partial charge in [-0.05, 0) is 34.1 Å². The lowest BCUT2D eigenvalue weighted by atomic mass is 10.1. The summed E-state index contributed by atoms with van der Waals surface area (Å²) >= 11 is 2.88. The number of aromatic carboxylic acids is 1. The van der Waals surface area contributed by atoms with E-state index in [9.17, 15) is 18.4 Å². The lowest BCUT2D eigenvalue weighted by Crippen LogP contribution is -2.17. The van der Waals surface area contributed by atoms with E-state index in [2.05, 4.69) is 21.2 Å². The standard InChI is InChI=1S/C14H8BrF2NO3/c15-9-5-12(11(17)6-10(9)16)18-13(19)7-3-1-2-4-8(7)14(20)21/h1-6H,(H,18,19)(H,20,21). The molecule has 0 aliphatic carbocycles. The molecule has 0 aromatic heterocycles. The zero-order valence-electron chi connectivity index (χ0n) is 10.4. The molecule has 0 spiro atoms. The zero-order chi connectivity index (χ0) is 15.6. The third kappa shape index (κ3) is 3.25. The number of rotatable bonds is 3. The number of amides is 1. The molecular formula is C14H8BrF2NO3. The summed E-state index contributed by atoms with van der Waals surface area (Å²) in [5, 5.41) is 11.2. The highest BCUT2D eigenvalue weighted by molar-refractivity contribution is 9.10. The van der Waals surface area contributed by atoms with Crippen molar-refractivity contribution in [2.24, 2.45) is 0 Å². The number of hydrogen-bond donors (Lipinski definition) is 2. The summed E-state index contributed by atoms with van der Waals surface area (Å²) in [6.45, 7) is 0. The minimum atomic E-state index is -1.28. The van der Waals surface area contributed by atoms with Gasteiger partial charge in [0.15, 0.2) is 0 Å². The summed E-state index contributed by atoms with van der Waals surface area (Å²) in [6.07, 6.45) is 0. The first-order valence-electron chi connectivity index (χ1n) is 5.68. The minimum Gasteiger partial charge on any atom is -0.478 e. The zero-order valence-corrected chi connectivity index (χ0v) is 11.9. The number of halogens is 3. The van der Waals surface area contributed by atoms with Crippen molar-refractivity contribution in [3.05, 3.63) is 63.6 Å². The molecule has 7 heteroatoms. The van der Waals surface area contributed by atoms with E-state index < -0.39 is 23.5 Å². The highest BCUT2D eigenvalue weighted by Crippen LogP contribution is 2.24. The Bertz CT molecular complexity index is 734. The molecule has 0 saturated heterocycles. The molecule has 0 heterocycles. The van der Waals surface area contributed by atoms with Crippen LogP contribution in [0.3, 0.4) is 0 Å². The van der Waals surface area contributed by atoms with Crippen molar-refractivity contribution < 1.29 is 23.5 Å². The summed E-state index contributed by atoms with van der Waals surface area (Å²) in [6, 6.07) is 7.19. The molecule has 0 aliphatic heterocycles. The molecule has 0 aliphatic rings. The van der Waals surface area contributed by atoms with E-state index in [1.807, 2.05) is 0 Å². The van der Waals surface area contributed by atoms with Crippen molar-refractivity contribution in [3.63, 3.8) is 0 Å². The number of benzene rings is 2. The summed E-state index contributed by atoms with van der Waals surface area (Å²) in [7, 11) is 0. The maximum Gasteiger partial charge on any atom is 0.336 e. The maximum atomic E-state index is 13.6. The van der Waals surface area contributed by atoms with E-state index >= 15 is 0 Å². The van der Waals surface area contributed by atoms with Crippen molar-refractivity contribution in [2.45, 2.75) is 0 Å². The first-order chi connectivity index (χ1) is 9.90. The van der Waals surface area contributed by atoms with Gasteiger partial charge in [0.2, 0.25) is 0 Å². The van der Waals surface area contributed by atoms with E-state index in [0.717, 1.165) is 6.07 Å². The molecule has 2 rings (SSSR count). The van der Waals surface area contributed by atoms with Crippen LogP contribution in [0.5, 0.6) is 0 Å². The van der Waals surface area contributed by atoms with Crippen LogP contribution in [0.2, 0.25) is 0 Å². The SMILES string of the molecule is O=C(O)c1ccccc1C(=O)Nc1cc(Br)c(F)cc1F. The molecule has 0 fully saturated rings. The van der Waals surface area contributed by atoms with E-state index in [1.165, 1.54) is 24.3 Å². The normalized spacial score (nSPS) is 10.2. The molecule has 0 saturated carbocycles. The smallest absolute Gasteiger partial charge is 0.336 e. The van der Waals surface area contributed by atoms with Crippen LogP contribution in [0, 0.1) is 11.6 Å². The van der Waals surface area contributed by atoms with Gasteiger partial charge in [0, 0.05) is 6.07 Å². The van der Waals surface area contributed by atoms with Crippen LogP contribution in [0.15, 0.2) is 40.9 Å². The van der Waals surface area contributed by atoms with Crippen LogP contribution in [0.1, 0.15) is 20.7 Å². The van der Waals surface area contributed by atoms with Gasteiger partial charge in [-0.25, -0.2) is 13.6 Å². The summed E-state index contributed by atoms with van der Waals surface area (Å²) in [5.41, 5.74) is -0.588. The van der Waals surface area contributed by atoms with Crippen molar-refractivity contribution in [2.75, 3.05) is 5.32 Å². The summed E-state index contributed by atoms with van der Waals surface area (Å²) in [4.78, 5) is 23.1. The van der Waals surface area contributed by atoms with E-state index in [4.69, 9.17) is 5.11 Å². The number of nitrogens with one attached hydrogen (secondary N) is 1. The molecule has 4 nitrogen and oxygen atoms in total. The van der Waals surface area contributed by atoms with Gasteiger partial charge in [-0.15, -0.1) is 0 Å². The molecule has 2 aromatic carbocycles. The van der Waals surface area contributed by atoms with Gasteiger partial charge in [-0.3, -0.25) is 4.79 Å². The van der Waals surface area contributed by atoms with E-state index in [0.29, 0.717) is 6.07 Å². The number of carbonyl (C=O) groups excluding carboxylic acids is 1. The lowest BCUT2D eigenvalue weighted by Gasteiger charge is -2.09. The van der Waals surface area contributed by atoms with Gasteiger partial charge in [-0.1, -0.05) is 12.1 Å². The van der Waals surface area contributed by atoms with E-state index in [-0.39, 0.29) is 21.3 Å². The monoisotopic (exact) mass is 355 g/mol. The highest BCUT2D eigenvalue weighted by Gasteiger charge is 2.17. The topological polar surface area (TPSA) is 66.4 Å². The van der Waals surface area contributed by atoms with Crippen molar-refractivity contribution in [3.8, 4) is 0 Å². The highest BCUT2D eigenvalue weighted by atomic mass is 79.9. The van der Waals surface area contributed by atoms with Crippen LogP contribution in [0.4, 0.5) is 14.5 Å². The van der Waals surface area contributed by atoms with Gasteiger partial charge in [0.1, 0.15) is 11.6 Å². The van der Waals surface area contributed by atoms with Crippen LogP contribution in [-0.2, 0) is 0 Å². The second-order valence-electron chi connectivity index (χ2n) is 4.05. The molecule has 0 unspecified atom stereocenters. The summed E-state index contributed by atoms with van der Waals surface area (Å²) < 4.78 is 26.7. The van der Waals surface area contributed by atoms with Crippen LogP contribution < -0.4 is 5.32 Å². The fraction of sp³-hybridized carbons (Fsp3) is 0. The molecule has 2 aromatic rings. The van der Waals surface area contributed by atoms with Gasteiger partial charge in [-0.2, -0.15) is 0 Å². The molecule has 0 radical (unpaired) electrons. The Kier molecular flexibility index (Phi) is 4.32. The van der Waals surface area contributed by atoms with Gasteiger partial charge in [0.05, 0.1) is 21.3 Å². The van der Waals surface area contributed by atoms with Crippen LogP contribution in [-0.4, -0.2) is 17.0 Å². The molecule has 0 atom stereocenters. The fourth-order valence-electron chi connectivity index (χ4n) is 1.68. The molecule has 0 bridgehead atoms. The Balaban J connectivity index is 2.35. The average molecular weight is 356 g/mol. The van der Waals surface area contributed by atoms with E-state index in [1.54, 1.807) is 0 Å². The lowest BCUT2D eigenvalue weighted by molar-refractivity contribution is 0.0692. The predicted octanol–water partition coefficient (Wildman–Crippen LogP) is 3.68. The molecule has 21 heavy (non-hydrogen) atoms. The first kappa shape index (κ1) is 15.1. The fourth-order valence-corrected chi connectivity index (χ4v) is 2.02. The Labute approximate surface area is 126 Å².